The molecule has 0 fully saturated rings. The van der Waals surface area contributed by atoms with E-state index >= 15 is 0 Å². The third-order valence-electron chi connectivity index (χ3n) is 2.42. The van der Waals surface area contributed by atoms with Gasteiger partial charge in [-0.2, -0.15) is 0 Å². The number of halogens is 2. The summed E-state index contributed by atoms with van der Waals surface area (Å²) in [5.74, 6) is -1.61. The molecule has 2 rings (SSSR count). The summed E-state index contributed by atoms with van der Waals surface area (Å²) in [6.45, 7) is 1.90. The van der Waals surface area contributed by atoms with Gasteiger partial charge in [-0.3, -0.25) is 4.79 Å². The van der Waals surface area contributed by atoms with Crippen LogP contribution in [0.2, 0.25) is 0 Å². The third kappa shape index (κ3) is 2.41. The summed E-state index contributed by atoms with van der Waals surface area (Å²) in [5.41, 5.74) is 1.20. The molecule has 0 aliphatic carbocycles. The van der Waals surface area contributed by atoms with Gasteiger partial charge >= 0.3 is 0 Å². The van der Waals surface area contributed by atoms with Crippen LogP contribution < -0.4 is 0 Å². The summed E-state index contributed by atoms with van der Waals surface area (Å²) in [7, 11) is 0. The smallest absolute Gasteiger partial charge is 0.216 e. The first-order valence-electron chi connectivity index (χ1n) is 5.14. The fraction of sp³-hybridized carbons (Fsp3) is 0.0769. The normalized spacial score (nSPS) is 10.4. The third-order valence-corrected chi connectivity index (χ3v) is 3.07. The molecule has 18 heavy (non-hydrogen) atoms. The van der Waals surface area contributed by atoms with Crippen molar-refractivity contribution >= 4 is 21.7 Å². The summed E-state index contributed by atoms with van der Waals surface area (Å²) < 4.78 is 13.4. The zero-order chi connectivity index (χ0) is 13.3. The number of pyridine rings is 1. The lowest BCUT2D eigenvalue weighted by Crippen LogP contribution is -2.06. The molecule has 0 saturated heterocycles. The first kappa shape index (κ1) is 12.7. The van der Waals surface area contributed by atoms with E-state index in [1.165, 1.54) is 0 Å². The minimum atomic E-state index is -0.688. The molecule has 0 bridgehead atoms. The van der Waals surface area contributed by atoms with Crippen molar-refractivity contribution in [2.45, 2.75) is 6.92 Å². The maximum Gasteiger partial charge on any atom is 0.216 e. The van der Waals surface area contributed by atoms with Gasteiger partial charge in [0.1, 0.15) is 11.6 Å². The van der Waals surface area contributed by atoms with Crippen molar-refractivity contribution in [3.63, 3.8) is 0 Å². The fourth-order valence-electron chi connectivity index (χ4n) is 1.54. The molecule has 0 aliphatic rings. The van der Waals surface area contributed by atoms with E-state index < -0.39 is 17.3 Å². The van der Waals surface area contributed by atoms with Crippen LogP contribution in [-0.2, 0) is 0 Å². The molecule has 0 unspecified atom stereocenters. The van der Waals surface area contributed by atoms with Crippen molar-refractivity contribution in [3.8, 4) is 5.75 Å². The lowest BCUT2D eigenvalue weighted by Gasteiger charge is -2.05. The van der Waals surface area contributed by atoms with Crippen LogP contribution in [0.25, 0.3) is 0 Å². The second-order valence-electron chi connectivity index (χ2n) is 3.83. The molecule has 0 atom stereocenters. The Morgan fingerprint density at radius 2 is 2.11 bits per heavy atom. The fourth-order valence-corrected chi connectivity index (χ4v) is 2.21. The summed E-state index contributed by atoms with van der Waals surface area (Å²) in [6.07, 6.45) is 0.898. The molecule has 1 aromatic carbocycles. The Morgan fingerprint density at radius 1 is 1.39 bits per heavy atom. The van der Waals surface area contributed by atoms with E-state index in [2.05, 4.69) is 20.9 Å². The minimum absolute atomic E-state index is 0.166. The predicted octanol–water partition coefficient (Wildman–Crippen LogP) is 3.23. The van der Waals surface area contributed by atoms with E-state index in [4.69, 9.17) is 0 Å². The number of rotatable bonds is 2. The van der Waals surface area contributed by atoms with Crippen molar-refractivity contribution in [1.82, 2.24) is 4.98 Å². The van der Waals surface area contributed by atoms with Crippen molar-refractivity contribution in [3.05, 3.63) is 57.6 Å². The van der Waals surface area contributed by atoms with E-state index in [-0.39, 0.29) is 5.69 Å². The van der Waals surface area contributed by atoms with Gasteiger partial charge in [0.25, 0.3) is 0 Å². The van der Waals surface area contributed by atoms with Gasteiger partial charge < -0.3 is 5.11 Å². The molecule has 3 nitrogen and oxygen atoms in total. The summed E-state index contributed by atoms with van der Waals surface area (Å²) >= 11 is 3.28. The van der Waals surface area contributed by atoms with Crippen LogP contribution in [0.3, 0.4) is 0 Å². The number of aromatic nitrogens is 1. The number of benzene rings is 1. The Kier molecular flexibility index (Phi) is 3.43. The number of aromatic hydroxyl groups is 1. The topological polar surface area (TPSA) is 50.2 Å². The first-order valence-corrected chi connectivity index (χ1v) is 5.93. The van der Waals surface area contributed by atoms with Crippen LogP contribution in [0.4, 0.5) is 4.39 Å². The molecule has 92 valence electrons. The lowest BCUT2D eigenvalue weighted by atomic mass is 10.1. The van der Waals surface area contributed by atoms with Crippen molar-refractivity contribution in [1.29, 1.82) is 0 Å². The van der Waals surface area contributed by atoms with Crippen molar-refractivity contribution in [2.75, 3.05) is 0 Å². The molecule has 0 amide bonds. The molecule has 1 N–H and O–H groups in total. The number of carbonyl (C=O) groups excluding carboxylic acids is 1. The average molecular weight is 310 g/mol. The quantitative estimate of drug-likeness (QED) is 0.867. The molecular weight excluding hydrogens is 301 g/mol. The molecular formula is C13H9BrFNO2. The zero-order valence-corrected chi connectivity index (χ0v) is 11.0. The van der Waals surface area contributed by atoms with E-state index in [1.54, 1.807) is 18.2 Å². The van der Waals surface area contributed by atoms with Gasteiger partial charge in [-0.25, -0.2) is 9.37 Å². The van der Waals surface area contributed by atoms with Crippen LogP contribution in [0.5, 0.6) is 5.75 Å². The van der Waals surface area contributed by atoms with E-state index in [1.807, 2.05) is 6.92 Å². The molecule has 0 aliphatic heterocycles. The number of aryl methyl sites for hydroxylation is 1. The number of hydrogen-bond acceptors (Lipinski definition) is 3. The zero-order valence-electron chi connectivity index (χ0n) is 9.45. The van der Waals surface area contributed by atoms with Gasteiger partial charge in [-0.05, 0) is 24.6 Å². The maximum absolute atomic E-state index is 12.8. The summed E-state index contributed by atoms with van der Waals surface area (Å²) in [6, 6.07) is 6.06. The second kappa shape index (κ2) is 4.86. The molecule has 1 aromatic heterocycles. The van der Waals surface area contributed by atoms with Crippen LogP contribution in [-0.4, -0.2) is 15.9 Å². The highest BCUT2D eigenvalue weighted by atomic mass is 79.9. The highest BCUT2D eigenvalue weighted by Crippen LogP contribution is 2.24. The second-order valence-corrected chi connectivity index (χ2v) is 4.69. The van der Waals surface area contributed by atoms with Crippen LogP contribution in [0, 0.1) is 12.7 Å². The SMILES string of the molecule is Cc1ccc(C(=O)c2ncc(F)cc2O)c(Br)c1. The Bertz CT molecular complexity index is 575. The maximum atomic E-state index is 12.8. The molecule has 0 saturated carbocycles. The molecule has 5 heteroatoms. The summed E-state index contributed by atoms with van der Waals surface area (Å²) in [4.78, 5) is 15.8. The molecule has 1 heterocycles. The van der Waals surface area contributed by atoms with Gasteiger partial charge in [0.15, 0.2) is 5.69 Å². The van der Waals surface area contributed by atoms with Gasteiger partial charge in [0.05, 0.1) is 6.20 Å². The minimum Gasteiger partial charge on any atom is -0.505 e. The van der Waals surface area contributed by atoms with E-state index in [0.29, 0.717) is 10.0 Å². The Balaban J connectivity index is 2.48. The monoisotopic (exact) mass is 309 g/mol. The van der Waals surface area contributed by atoms with Gasteiger partial charge in [-0.1, -0.05) is 22.0 Å². The van der Waals surface area contributed by atoms with E-state index in [0.717, 1.165) is 17.8 Å². The van der Waals surface area contributed by atoms with Crippen LogP contribution >= 0.6 is 15.9 Å². The van der Waals surface area contributed by atoms with E-state index in [9.17, 15) is 14.3 Å². The van der Waals surface area contributed by atoms with Gasteiger partial charge in [0, 0.05) is 16.1 Å². The lowest BCUT2D eigenvalue weighted by molar-refractivity contribution is 0.103. The first-order chi connectivity index (χ1) is 8.49. The highest BCUT2D eigenvalue weighted by Gasteiger charge is 2.18. The van der Waals surface area contributed by atoms with Crippen molar-refractivity contribution < 1.29 is 14.3 Å². The summed E-state index contributed by atoms with van der Waals surface area (Å²) in [5, 5.41) is 9.53. The Morgan fingerprint density at radius 3 is 2.72 bits per heavy atom. The average Bonchev–Trinajstić information content (AvgIpc) is 2.28. The van der Waals surface area contributed by atoms with Crippen LogP contribution in [0.1, 0.15) is 21.6 Å². The number of carbonyl (C=O) groups is 1. The molecule has 2 aromatic rings. The standard InChI is InChI=1S/C13H9BrFNO2/c1-7-2-3-9(10(14)4-7)13(18)12-11(17)5-8(15)6-16-12/h2-6,17H,1H3. The number of hydrogen-bond donors (Lipinski definition) is 1. The van der Waals surface area contributed by atoms with Crippen LogP contribution in [0.15, 0.2) is 34.9 Å². The Labute approximate surface area is 111 Å². The largest absolute Gasteiger partial charge is 0.505 e. The van der Waals surface area contributed by atoms with Gasteiger partial charge in [-0.15, -0.1) is 0 Å². The predicted molar refractivity (Wildman–Crippen MR) is 68.2 cm³/mol. The molecule has 0 radical (unpaired) electrons. The van der Waals surface area contributed by atoms with Crippen molar-refractivity contribution in [2.24, 2.45) is 0 Å². The van der Waals surface area contributed by atoms with Gasteiger partial charge in [0.2, 0.25) is 5.78 Å². The highest BCUT2D eigenvalue weighted by molar-refractivity contribution is 9.10. The number of nitrogens with zero attached hydrogens (tertiary/aromatic N) is 1. The molecule has 0 spiro atoms. The Hall–Kier alpha value is -1.75. The number of ketones is 1.